The maximum Gasteiger partial charge on any atom is 0.243 e. The molecule has 0 unspecified atom stereocenters. The first-order valence-electron chi connectivity index (χ1n) is 9.81. The quantitative estimate of drug-likeness (QED) is 0.731. The Morgan fingerprint density at radius 3 is 2.38 bits per heavy atom. The van der Waals surface area contributed by atoms with Gasteiger partial charge in [0.15, 0.2) is 0 Å². The molecule has 0 spiro atoms. The molecule has 1 aromatic rings. The van der Waals surface area contributed by atoms with Gasteiger partial charge in [-0.25, -0.2) is 0 Å². The molecule has 0 aliphatic heterocycles. The predicted molar refractivity (Wildman–Crippen MR) is 103 cm³/mol. The summed E-state index contributed by atoms with van der Waals surface area (Å²) in [6.45, 7) is 4.40. The lowest BCUT2D eigenvalue weighted by molar-refractivity contribution is -0.141. The van der Waals surface area contributed by atoms with Gasteiger partial charge in [0.2, 0.25) is 11.8 Å². The second kappa shape index (κ2) is 10.2. The van der Waals surface area contributed by atoms with E-state index in [0.717, 1.165) is 30.6 Å². The van der Waals surface area contributed by atoms with E-state index in [0.29, 0.717) is 19.4 Å². The molecule has 5 heteroatoms. The molecule has 0 aromatic heterocycles. The maximum atomic E-state index is 12.8. The second-order valence-corrected chi connectivity index (χ2v) is 7.03. The fourth-order valence-corrected chi connectivity index (χ4v) is 3.57. The van der Waals surface area contributed by atoms with Gasteiger partial charge >= 0.3 is 0 Å². The third-order valence-corrected chi connectivity index (χ3v) is 5.06. The van der Waals surface area contributed by atoms with Gasteiger partial charge in [0.1, 0.15) is 11.8 Å². The Morgan fingerprint density at radius 1 is 1.19 bits per heavy atom. The first kappa shape index (κ1) is 20.3. The maximum absolute atomic E-state index is 12.8. The predicted octanol–water partition coefficient (Wildman–Crippen LogP) is 3.66. The number of nitrogens with one attached hydrogen (secondary N) is 1. The van der Waals surface area contributed by atoms with Crippen LogP contribution in [0.5, 0.6) is 5.75 Å². The van der Waals surface area contributed by atoms with Gasteiger partial charge in [0.25, 0.3) is 0 Å². The summed E-state index contributed by atoms with van der Waals surface area (Å²) in [6.07, 6.45) is 6.29. The topological polar surface area (TPSA) is 58.6 Å². The molecule has 144 valence electrons. The molecule has 1 saturated carbocycles. The molecule has 0 heterocycles. The summed E-state index contributed by atoms with van der Waals surface area (Å²) in [7, 11) is 1.63. The molecule has 1 atom stereocenters. The Bertz CT molecular complexity index is 579. The third-order valence-electron chi connectivity index (χ3n) is 5.06. The van der Waals surface area contributed by atoms with Crippen molar-refractivity contribution >= 4 is 11.8 Å². The number of benzene rings is 1. The summed E-state index contributed by atoms with van der Waals surface area (Å²) < 4.78 is 5.20. The zero-order valence-corrected chi connectivity index (χ0v) is 16.3. The minimum absolute atomic E-state index is 0.0163. The number of amides is 2. The van der Waals surface area contributed by atoms with Crippen LogP contribution in [0, 0.1) is 0 Å². The summed E-state index contributed by atoms with van der Waals surface area (Å²) in [5.41, 5.74) is 1.00. The van der Waals surface area contributed by atoms with E-state index in [1.165, 1.54) is 12.8 Å². The lowest BCUT2D eigenvalue weighted by Gasteiger charge is -2.31. The Labute approximate surface area is 157 Å². The molecule has 0 bridgehead atoms. The van der Waals surface area contributed by atoms with Crippen molar-refractivity contribution in [2.45, 2.75) is 77.4 Å². The van der Waals surface area contributed by atoms with Crippen molar-refractivity contribution in [1.29, 1.82) is 0 Å². The van der Waals surface area contributed by atoms with E-state index >= 15 is 0 Å². The van der Waals surface area contributed by atoms with Crippen LogP contribution in [0.2, 0.25) is 0 Å². The van der Waals surface area contributed by atoms with E-state index in [9.17, 15) is 9.59 Å². The van der Waals surface area contributed by atoms with E-state index < -0.39 is 6.04 Å². The van der Waals surface area contributed by atoms with Crippen LogP contribution < -0.4 is 10.1 Å². The summed E-state index contributed by atoms with van der Waals surface area (Å²) in [5.74, 6) is 0.806. The summed E-state index contributed by atoms with van der Waals surface area (Å²) >= 11 is 0. The Balaban J connectivity index is 2.13. The molecule has 2 amide bonds. The number of methoxy groups -OCH3 is 1. The van der Waals surface area contributed by atoms with Gasteiger partial charge in [-0.05, 0) is 43.4 Å². The summed E-state index contributed by atoms with van der Waals surface area (Å²) in [6, 6.07) is 7.52. The van der Waals surface area contributed by atoms with Crippen LogP contribution in [0.15, 0.2) is 24.3 Å². The lowest BCUT2D eigenvalue weighted by Crippen LogP contribution is -2.50. The average Bonchev–Trinajstić information content (AvgIpc) is 3.15. The molecule has 5 nitrogen and oxygen atoms in total. The molecule has 1 N–H and O–H groups in total. The third kappa shape index (κ3) is 5.48. The number of nitrogens with zero attached hydrogens (tertiary/aromatic N) is 1. The highest BCUT2D eigenvalue weighted by Gasteiger charge is 2.30. The molecule has 1 aliphatic rings. The first-order valence-corrected chi connectivity index (χ1v) is 9.81. The van der Waals surface area contributed by atoms with Gasteiger partial charge in [-0.3, -0.25) is 9.59 Å². The molecule has 0 radical (unpaired) electrons. The number of hydrogen-bond acceptors (Lipinski definition) is 3. The van der Waals surface area contributed by atoms with E-state index in [4.69, 9.17) is 4.74 Å². The molecule has 1 fully saturated rings. The Kier molecular flexibility index (Phi) is 7.95. The molecule has 1 aliphatic carbocycles. The molecular formula is C21H32N2O3. The van der Waals surface area contributed by atoms with Gasteiger partial charge in [-0.15, -0.1) is 0 Å². The van der Waals surface area contributed by atoms with Crippen LogP contribution in [0.3, 0.4) is 0 Å². The van der Waals surface area contributed by atoms with E-state index in [1.807, 2.05) is 38.1 Å². The van der Waals surface area contributed by atoms with Crippen LogP contribution in [0.25, 0.3) is 0 Å². The summed E-state index contributed by atoms with van der Waals surface area (Å²) in [5, 5.41) is 3.16. The number of ether oxygens (including phenoxy) is 1. The molecule has 0 saturated heterocycles. The molecule has 1 aromatic carbocycles. The average molecular weight is 360 g/mol. The van der Waals surface area contributed by atoms with Gasteiger partial charge < -0.3 is 15.0 Å². The highest BCUT2D eigenvalue weighted by Crippen LogP contribution is 2.20. The van der Waals surface area contributed by atoms with Crippen molar-refractivity contribution in [2.75, 3.05) is 7.11 Å². The van der Waals surface area contributed by atoms with Gasteiger partial charge in [-0.2, -0.15) is 0 Å². The Hall–Kier alpha value is -2.04. The van der Waals surface area contributed by atoms with Crippen molar-refractivity contribution in [2.24, 2.45) is 0 Å². The zero-order valence-electron chi connectivity index (χ0n) is 16.3. The van der Waals surface area contributed by atoms with Crippen LogP contribution in [-0.4, -0.2) is 35.9 Å². The highest BCUT2D eigenvalue weighted by atomic mass is 16.5. The van der Waals surface area contributed by atoms with Crippen molar-refractivity contribution in [1.82, 2.24) is 10.2 Å². The molecule has 26 heavy (non-hydrogen) atoms. The second-order valence-electron chi connectivity index (χ2n) is 7.03. The minimum Gasteiger partial charge on any atom is -0.497 e. The van der Waals surface area contributed by atoms with Crippen molar-refractivity contribution in [3.8, 4) is 5.75 Å². The van der Waals surface area contributed by atoms with E-state index in [2.05, 4.69) is 5.32 Å². The Morgan fingerprint density at radius 2 is 1.85 bits per heavy atom. The monoisotopic (exact) mass is 360 g/mol. The number of hydrogen-bond donors (Lipinski definition) is 1. The van der Waals surface area contributed by atoms with Gasteiger partial charge in [0, 0.05) is 19.0 Å². The van der Waals surface area contributed by atoms with Crippen LogP contribution >= 0.6 is 0 Å². The van der Waals surface area contributed by atoms with Gasteiger partial charge in [-0.1, -0.05) is 38.8 Å². The van der Waals surface area contributed by atoms with Crippen LogP contribution in [-0.2, 0) is 16.1 Å². The fourth-order valence-electron chi connectivity index (χ4n) is 3.57. The number of carbonyl (C=O) groups is 2. The van der Waals surface area contributed by atoms with E-state index in [1.54, 1.807) is 12.0 Å². The molecular weight excluding hydrogens is 328 g/mol. The first-order chi connectivity index (χ1) is 12.6. The SMILES string of the molecule is CCCC(=O)N(Cc1ccc(OC)cc1)[C@H](CC)C(=O)NC1CCCC1. The van der Waals surface area contributed by atoms with Crippen LogP contribution in [0.1, 0.15) is 64.4 Å². The standard InChI is InChI=1S/C21H32N2O3/c1-4-8-20(24)23(15-16-11-13-18(26-3)14-12-16)19(5-2)21(25)22-17-9-6-7-10-17/h11-14,17,19H,4-10,15H2,1-3H3,(H,22,25)/t19-/m1/s1. The fraction of sp³-hybridized carbons (Fsp3) is 0.619. The summed E-state index contributed by atoms with van der Waals surface area (Å²) in [4.78, 5) is 27.3. The van der Waals surface area contributed by atoms with Crippen molar-refractivity contribution < 1.29 is 14.3 Å². The zero-order chi connectivity index (χ0) is 18.9. The van der Waals surface area contributed by atoms with E-state index in [-0.39, 0.29) is 17.9 Å². The highest BCUT2D eigenvalue weighted by molar-refractivity contribution is 5.87. The lowest BCUT2D eigenvalue weighted by atomic mass is 10.1. The number of carbonyl (C=O) groups excluding carboxylic acids is 2. The van der Waals surface area contributed by atoms with Crippen molar-refractivity contribution in [3.05, 3.63) is 29.8 Å². The largest absolute Gasteiger partial charge is 0.497 e. The van der Waals surface area contributed by atoms with Crippen LogP contribution in [0.4, 0.5) is 0 Å². The minimum atomic E-state index is -0.420. The normalized spacial score (nSPS) is 15.5. The smallest absolute Gasteiger partial charge is 0.243 e. The van der Waals surface area contributed by atoms with Crippen molar-refractivity contribution in [3.63, 3.8) is 0 Å². The van der Waals surface area contributed by atoms with Gasteiger partial charge in [0.05, 0.1) is 7.11 Å². The molecule has 2 rings (SSSR count). The number of rotatable bonds is 9.